The number of carbonyl (C=O) groups excluding carboxylic acids is 1. The average Bonchev–Trinajstić information content (AvgIpc) is 3.15. The fourth-order valence-corrected chi connectivity index (χ4v) is 3.94. The van der Waals surface area contributed by atoms with Gasteiger partial charge in [0, 0.05) is 26.3 Å². The van der Waals surface area contributed by atoms with Crippen LogP contribution in [0.15, 0.2) is 42.6 Å². The van der Waals surface area contributed by atoms with Gasteiger partial charge in [-0.3, -0.25) is 4.79 Å². The van der Waals surface area contributed by atoms with Crippen LogP contribution in [0, 0.1) is 5.92 Å². The molecule has 0 radical (unpaired) electrons. The van der Waals surface area contributed by atoms with Crippen LogP contribution in [-0.4, -0.2) is 45.9 Å². The molecule has 3 aromatic rings. The second-order valence-electron chi connectivity index (χ2n) is 7.55. The first-order chi connectivity index (χ1) is 14.3. The molecule has 158 valence electrons. The van der Waals surface area contributed by atoms with Crippen LogP contribution in [0.2, 0.25) is 0 Å². The average molecular weight is 417 g/mol. The number of hydrogen-bond donors (Lipinski definition) is 1. The van der Waals surface area contributed by atoms with Crippen molar-refractivity contribution in [2.45, 2.75) is 25.6 Å². The highest BCUT2D eigenvalue weighted by Crippen LogP contribution is 2.36. The van der Waals surface area contributed by atoms with E-state index in [9.17, 15) is 18.0 Å². The first-order valence-electron chi connectivity index (χ1n) is 9.78. The number of para-hydroxylation sites is 2. The number of nitrogens with one attached hydrogen (secondary N) is 1. The highest BCUT2D eigenvalue weighted by atomic mass is 19.4. The number of aromatic nitrogens is 3. The molecule has 6 nitrogen and oxygen atoms in total. The predicted octanol–water partition coefficient (Wildman–Crippen LogP) is 3.85. The van der Waals surface area contributed by atoms with E-state index in [1.54, 1.807) is 16.8 Å². The quantitative estimate of drug-likeness (QED) is 0.700. The lowest BCUT2D eigenvalue weighted by atomic mass is 9.96. The summed E-state index contributed by atoms with van der Waals surface area (Å²) in [5.74, 6) is 0.0621. The van der Waals surface area contributed by atoms with Crippen molar-refractivity contribution in [2.24, 2.45) is 5.92 Å². The van der Waals surface area contributed by atoms with Crippen LogP contribution in [0.1, 0.15) is 24.2 Å². The number of benzene rings is 1. The molecule has 3 heterocycles. The molecule has 1 aliphatic rings. The summed E-state index contributed by atoms with van der Waals surface area (Å²) in [6, 6.07) is 9.91. The molecule has 1 fully saturated rings. The van der Waals surface area contributed by atoms with E-state index >= 15 is 0 Å². The van der Waals surface area contributed by atoms with E-state index in [1.807, 2.05) is 24.3 Å². The van der Waals surface area contributed by atoms with E-state index in [4.69, 9.17) is 0 Å². The summed E-state index contributed by atoms with van der Waals surface area (Å²) in [4.78, 5) is 27.8. The lowest BCUT2D eigenvalue weighted by molar-refractivity contribution is -0.137. The molecule has 1 aromatic carbocycles. The van der Waals surface area contributed by atoms with Gasteiger partial charge in [-0.2, -0.15) is 13.2 Å². The summed E-state index contributed by atoms with van der Waals surface area (Å²) in [7, 11) is 1.69. The summed E-state index contributed by atoms with van der Waals surface area (Å²) < 4.78 is 40.1. The molecule has 1 N–H and O–H groups in total. The molecule has 1 amide bonds. The van der Waals surface area contributed by atoms with Gasteiger partial charge < -0.3 is 14.8 Å². The van der Waals surface area contributed by atoms with Crippen molar-refractivity contribution in [1.29, 1.82) is 0 Å². The van der Waals surface area contributed by atoms with Crippen LogP contribution in [0.4, 0.5) is 19.0 Å². The third-order valence-corrected chi connectivity index (χ3v) is 5.36. The summed E-state index contributed by atoms with van der Waals surface area (Å²) in [6.45, 7) is 0.960. The number of piperidine rings is 1. The second-order valence-corrected chi connectivity index (χ2v) is 7.55. The Balaban J connectivity index is 1.47. The third-order valence-electron chi connectivity index (χ3n) is 5.36. The Morgan fingerprint density at radius 3 is 2.83 bits per heavy atom. The molecule has 1 unspecified atom stereocenters. The van der Waals surface area contributed by atoms with Crippen molar-refractivity contribution >= 4 is 22.8 Å². The fourth-order valence-electron chi connectivity index (χ4n) is 3.94. The van der Waals surface area contributed by atoms with Gasteiger partial charge in [-0.05, 0) is 37.1 Å². The van der Waals surface area contributed by atoms with Crippen LogP contribution >= 0.6 is 0 Å². The molecule has 1 saturated heterocycles. The molecule has 0 spiro atoms. The highest BCUT2D eigenvalue weighted by Gasteiger charge is 2.37. The van der Waals surface area contributed by atoms with Gasteiger partial charge >= 0.3 is 6.18 Å². The minimum absolute atomic E-state index is 0.107. The first-order valence-corrected chi connectivity index (χ1v) is 9.78. The molecule has 0 aliphatic carbocycles. The Hall–Kier alpha value is -3.10. The minimum Gasteiger partial charge on any atom is -0.355 e. The van der Waals surface area contributed by atoms with Gasteiger partial charge in [0.1, 0.15) is 11.6 Å². The van der Waals surface area contributed by atoms with Crippen LogP contribution in [-0.2, 0) is 17.5 Å². The van der Waals surface area contributed by atoms with E-state index in [0.717, 1.165) is 17.1 Å². The number of aromatic amines is 1. The maximum Gasteiger partial charge on any atom is 0.419 e. The number of pyridine rings is 1. The minimum atomic E-state index is -4.49. The number of halogens is 3. The maximum atomic E-state index is 13.4. The zero-order chi connectivity index (χ0) is 21.3. The smallest absolute Gasteiger partial charge is 0.355 e. The summed E-state index contributed by atoms with van der Waals surface area (Å²) in [5, 5.41) is 0. The van der Waals surface area contributed by atoms with Crippen molar-refractivity contribution in [3.05, 3.63) is 54.0 Å². The number of alkyl halides is 3. The van der Waals surface area contributed by atoms with Crippen molar-refractivity contribution < 1.29 is 18.0 Å². The van der Waals surface area contributed by atoms with Gasteiger partial charge in [0.25, 0.3) is 0 Å². The molecule has 0 bridgehead atoms. The predicted molar refractivity (Wildman–Crippen MR) is 107 cm³/mol. The van der Waals surface area contributed by atoms with Crippen molar-refractivity contribution in [3.8, 4) is 0 Å². The summed E-state index contributed by atoms with van der Waals surface area (Å²) >= 11 is 0. The topological polar surface area (TPSA) is 65.1 Å². The largest absolute Gasteiger partial charge is 0.419 e. The van der Waals surface area contributed by atoms with Gasteiger partial charge in [-0.15, -0.1) is 0 Å². The Labute approximate surface area is 171 Å². The molecular formula is C21H22F3N5O. The maximum absolute atomic E-state index is 13.4. The van der Waals surface area contributed by atoms with E-state index < -0.39 is 17.7 Å². The van der Waals surface area contributed by atoms with Crippen LogP contribution in [0.5, 0.6) is 0 Å². The van der Waals surface area contributed by atoms with Crippen LogP contribution < -0.4 is 4.90 Å². The number of amides is 1. The highest BCUT2D eigenvalue weighted by molar-refractivity contribution is 5.80. The summed E-state index contributed by atoms with van der Waals surface area (Å²) in [5.41, 5.74) is 0.952. The molecule has 2 aromatic heterocycles. The first kappa shape index (κ1) is 20.2. The SMILES string of the molecule is CN(Cc1nc2ccccc2[nH]1)C(=O)C1CCCN(c2ncccc2C(F)(F)F)C1. The standard InChI is InChI=1S/C21H22F3N5O/c1-28(13-18-26-16-8-2-3-9-17(16)27-18)20(30)14-6-5-11-29(12-14)19-15(21(22,23)24)7-4-10-25-19/h2-4,7-10,14H,5-6,11-13H2,1H3,(H,26,27). The molecule has 0 saturated carbocycles. The molecule has 9 heteroatoms. The van der Waals surface area contributed by atoms with E-state index in [-0.39, 0.29) is 18.3 Å². The zero-order valence-electron chi connectivity index (χ0n) is 16.5. The number of imidazole rings is 1. The van der Waals surface area contributed by atoms with Crippen molar-refractivity contribution in [3.63, 3.8) is 0 Å². The van der Waals surface area contributed by atoms with E-state index in [2.05, 4.69) is 15.0 Å². The number of fused-ring (bicyclic) bond motifs is 1. The van der Waals surface area contributed by atoms with Crippen molar-refractivity contribution in [2.75, 3.05) is 25.0 Å². The van der Waals surface area contributed by atoms with E-state index in [0.29, 0.717) is 31.8 Å². The fraction of sp³-hybridized carbons (Fsp3) is 0.381. The lowest BCUT2D eigenvalue weighted by Crippen LogP contribution is -2.44. The van der Waals surface area contributed by atoms with Crippen molar-refractivity contribution in [1.82, 2.24) is 19.9 Å². The monoisotopic (exact) mass is 417 g/mol. The Morgan fingerprint density at radius 1 is 1.27 bits per heavy atom. The molecular weight excluding hydrogens is 395 g/mol. The summed E-state index contributed by atoms with van der Waals surface area (Å²) in [6.07, 6.45) is -1.88. The van der Waals surface area contributed by atoms with E-state index in [1.165, 1.54) is 12.3 Å². The van der Waals surface area contributed by atoms with Gasteiger partial charge in [0.15, 0.2) is 0 Å². The number of H-pyrrole nitrogens is 1. The molecule has 1 atom stereocenters. The lowest BCUT2D eigenvalue weighted by Gasteiger charge is -2.35. The zero-order valence-corrected chi connectivity index (χ0v) is 16.5. The number of carbonyl (C=O) groups is 1. The van der Waals surface area contributed by atoms with Gasteiger partial charge in [-0.25, -0.2) is 9.97 Å². The molecule has 4 rings (SSSR count). The Morgan fingerprint density at radius 2 is 2.07 bits per heavy atom. The third kappa shape index (κ3) is 4.10. The number of anilines is 1. The molecule has 30 heavy (non-hydrogen) atoms. The van der Waals surface area contributed by atoms with Gasteiger partial charge in [-0.1, -0.05) is 12.1 Å². The van der Waals surface area contributed by atoms with Gasteiger partial charge in [0.05, 0.1) is 29.1 Å². The van der Waals surface area contributed by atoms with Crippen LogP contribution in [0.3, 0.4) is 0 Å². The Bertz CT molecular complexity index is 1020. The van der Waals surface area contributed by atoms with Crippen LogP contribution in [0.25, 0.3) is 11.0 Å². The number of nitrogens with zero attached hydrogens (tertiary/aromatic N) is 4. The Kier molecular flexibility index (Phi) is 5.36. The molecule has 1 aliphatic heterocycles. The number of rotatable bonds is 4. The normalized spacial score (nSPS) is 17.3. The number of hydrogen-bond acceptors (Lipinski definition) is 4. The second kappa shape index (κ2) is 7.97. The van der Waals surface area contributed by atoms with Gasteiger partial charge in [0.2, 0.25) is 5.91 Å².